The van der Waals surface area contributed by atoms with Crippen molar-refractivity contribution in [3.63, 3.8) is 0 Å². The van der Waals surface area contributed by atoms with Gasteiger partial charge in [0, 0.05) is 10.6 Å². The molecule has 0 saturated heterocycles. The highest BCUT2D eigenvalue weighted by Crippen LogP contribution is 2.27. The van der Waals surface area contributed by atoms with Crippen molar-refractivity contribution in [3.8, 4) is 5.75 Å². The van der Waals surface area contributed by atoms with E-state index >= 15 is 0 Å². The molecule has 0 radical (unpaired) electrons. The van der Waals surface area contributed by atoms with Crippen LogP contribution in [0.2, 0.25) is 5.02 Å². The lowest BCUT2D eigenvalue weighted by atomic mass is 10.0. The van der Waals surface area contributed by atoms with Crippen LogP contribution in [0.3, 0.4) is 0 Å². The number of benzene rings is 2. The van der Waals surface area contributed by atoms with Crippen molar-refractivity contribution < 1.29 is 19.3 Å². The average molecular weight is 386 g/mol. The van der Waals surface area contributed by atoms with E-state index in [0.717, 1.165) is 11.3 Å². The van der Waals surface area contributed by atoms with Crippen LogP contribution in [0, 0.1) is 0 Å². The van der Waals surface area contributed by atoms with Gasteiger partial charge < -0.3 is 19.8 Å². The first-order valence-electron chi connectivity index (χ1n) is 8.66. The first-order valence-corrected chi connectivity index (χ1v) is 9.04. The second-order valence-electron chi connectivity index (χ2n) is 6.22. The summed E-state index contributed by atoms with van der Waals surface area (Å²) in [5, 5.41) is 5.39. The fourth-order valence-electron chi connectivity index (χ4n) is 2.90. The molecule has 3 aromatic rings. The van der Waals surface area contributed by atoms with Gasteiger partial charge in [-0.25, -0.2) is 0 Å². The van der Waals surface area contributed by atoms with Crippen molar-refractivity contribution >= 4 is 23.2 Å². The van der Waals surface area contributed by atoms with Gasteiger partial charge >= 0.3 is 0 Å². The number of ether oxygens (including phenoxy) is 1. The van der Waals surface area contributed by atoms with Crippen LogP contribution >= 0.6 is 11.6 Å². The number of anilines is 1. The van der Waals surface area contributed by atoms with Gasteiger partial charge in [-0.3, -0.25) is 4.79 Å². The lowest BCUT2D eigenvalue weighted by Crippen LogP contribution is -2.92. The zero-order chi connectivity index (χ0) is 19.2. The third-order valence-electron chi connectivity index (χ3n) is 4.32. The summed E-state index contributed by atoms with van der Waals surface area (Å²) >= 11 is 6.04. The minimum atomic E-state index is -0.371. The van der Waals surface area contributed by atoms with Crippen molar-refractivity contribution in [3.05, 3.63) is 83.3 Å². The molecule has 2 atom stereocenters. The summed E-state index contributed by atoms with van der Waals surface area (Å²) in [4.78, 5) is 12.8. The van der Waals surface area contributed by atoms with Crippen molar-refractivity contribution in [1.82, 2.24) is 0 Å². The molecule has 1 aromatic heterocycles. The third kappa shape index (κ3) is 4.70. The fourth-order valence-corrected chi connectivity index (χ4v) is 3.07. The van der Waals surface area contributed by atoms with Gasteiger partial charge in [0.15, 0.2) is 17.8 Å². The normalized spacial score (nSPS) is 13.0. The Morgan fingerprint density at radius 3 is 2.59 bits per heavy atom. The molecular formula is C21H22ClN2O3+. The predicted octanol–water partition coefficient (Wildman–Crippen LogP) is 3.62. The van der Waals surface area contributed by atoms with Crippen LogP contribution in [-0.2, 0) is 4.79 Å². The number of furan rings is 1. The van der Waals surface area contributed by atoms with Crippen molar-refractivity contribution in [2.75, 3.05) is 12.4 Å². The number of carbonyl (C=O) groups excluding carboxylic acids is 1. The van der Waals surface area contributed by atoms with E-state index in [9.17, 15) is 4.79 Å². The van der Waals surface area contributed by atoms with E-state index in [-0.39, 0.29) is 18.0 Å². The number of methoxy groups -OCH3 is 1. The van der Waals surface area contributed by atoms with Gasteiger partial charge in [-0.1, -0.05) is 41.9 Å². The SMILES string of the molecule is COc1ccc(Cl)cc1NC(=O)[C@@H](C)[NH2+][C@@H](c1ccccc1)c1ccco1. The third-order valence-corrected chi connectivity index (χ3v) is 4.56. The summed E-state index contributed by atoms with van der Waals surface area (Å²) in [6, 6.07) is 18.3. The van der Waals surface area contributed by atoms with Crippen LogP contribution in [0.4, 0.5) is 5.69 Å². The van der Waals surface area contributed by atoms with Gasteiger partial charge in [0.05, 0.1) is 19.1 Å². The van der Waals surface area contributed by atoms with E-state index in [1.165, 1.54) is 0 Å². The summed E-state index contributed by atoms with van der Waals surface area (Å²) in [6.45, 7) is 1.85. The molecule has 3 rings (SSSR count). The second-order valence-corrected chi connectivity index (χ2v) is 6.66. The Hall–Kier alpha value is -2.76. The van der Waals surface area contributed by atoms with Crippen LogP contribution in [0.5, 0.6) is 5.75 Å². The molecule has 0 aliphatic carbocycles. The van der Waals surface area contributed by atoms with Crippen LogP contribution in [0.1, 0.15) is 24.3 Å². The second kappa shape index (κ2) is 8.75. The van der Waals surface area contributed by atoms with E-state index in [4.69, 9.17) is 20.8 Å². The Labute approximate surface area is 163 Å². The molecule has 0 saturated carbocycles. The quantitative estimate of drug-likeness (QED) is 0.652. The molecule has 0 aliphatic heterocycles. The molecule has 27 heavy (non-hydrogen) atoms. The van der Waals surface area contributed by atoms with E-state index < -0.39 is 0 Å². The predicted molar refractivity (Wildman–Crippen MR) is 105 cm³/mol. The zero-order valence-electron chi connectivity index (χ0n) is 15.2. The van der Waals surface area contributed by atoms with Gasteiger partial charge in [0.25, 0.3) is 5.91 Å². The molecule has 0 fully saturated rings. The maximum Gasteiger partial charge on any atom is 0.282 e. The van der Waals surface area contributed by atoms with Crippen molar-refractivity contribution in [2.24, 2.45) is 0 Å². The first-order chi connectivity index (χ1) is 13.1. The maximum absolute atomic E-state index is 12.8. The van der Waals surface area contributed by atoms with Gasteiger partial charge in [0.1, 0.15) is 5.75 Å². The Morgan fingerprint density at radius 2 is 1.93 bits per heavy atom. The zero-order valence-corrected chi connectivity index (χ0v) is 15.9. The highest BCUT2D eigenvalue weighted by atomic mass is 35.5. The lowest BCUT2D eigenvalue weighted by molar-refractivity contribution is -0.706. The Balaban J connectivity index is 1.77. The average Bonchev–Trinajstić information content (AvgIpc) is 3.21. The lowest BCUT2D eigenvalue weighted by Gasteiger charge is -2.19. The van der Waals surface area contributed by atoms with E-state index in [2.05, 4.69) is 5.32 Å². The molecule has 140 valence electrons. The largest absolute Gasteiger partial charge is 0.495 e. The fraction of sp³-hybridized carbons (Fsp3) is 0.190. The topological polar surface area (TPSA) is 68.1 Å². The number of nitrogens with one attached hydrogen (secondary N) is 1. The molecule has 0 spiro atoms. The van der Waals surface area contributed by atoms with E-state index in [0.29, 0.717) is 16.5 Å². The van der Waals surface area contributed by atoms with Crippen LogP contribution in [-0.4, -0.2) is 19.1 Å². The molecule has 0 unspecified atom stereocenters. The van der Waals surface area contributed by atoms with Gasteiger partial charge in [0.2, 0.25) is 0 Å². The molecule has 3 N–H and O–H groups in total. The molecule has 6 heteroatoms. The number of quaternary nitrogens is 1. The van der Waals surface area contributed by atoms with E-state index in [1.54, 1.807) is 31.6 Å². The van der Waals surface area contributed by atoms with Crippen molar-refractivity contribution in [1.29, 1.82) is 0 Å². The number of amides is 1. The standard InChI is InChI=1S/C21H21ClN2O3/c1-14(21(25)24-17-13-16(22)10-11-18(17)26-2)23-20(19-9-6-12-27-19)15-7-4-3-5-8-15/h3-14,20,23H,1-2H3,(H,24,25)/p+1/t14-,20+/m1/s1. The number of carbonyl (C=O) groups is 1. The maximum atomic E-state index is 12.8. The Bertz CT molecular complexity index is 882. The highest BCUT2D eigenvalue weighted by molar-refractivity contribution is 6.31. The first kappa shape index (κ1) is 19.0. The Morgan fingerprint density at radius 1 is 1.15 bits per heavy atom. The van der Waals surface area contributed by atoms with Gasteiger partial charge in [-0.05, 0) is 37.3 Å². The number of halogens is 1. The van der Waals surface area contributed by atoms with E-state index in [1.807, 2.05) is 54.7 Å². The Kier molecular flexibility index (Phi) is 6.16. The van der Waals surface area contributed by atoms with Crippen LogP contribution < -0.4 is 15.4 Å². The molecule has 1 amide bonds. The molecule has 2 aromatic carbocycles. The molecule has 5 nitrogen and oxygen atoms in total. The smallest absolute Gasteiger partial charge is 0.282 e. The summed E-state index contributed by atoms with van der Waals surface area (Å²) in [7, 11) is 1.55. The van der Waals surface area contributed by atoms with Gasteiger partial charge in [-0.15, -0.1) is 0 Å². The van der Waals surface area contributed by atoms with Crippen molar-refractivity contribution in [2.45, 2.75) is 19.0 Å². The van der Waals surface area contributed by atoms with Gasteiger partial charge in [-0.2, -0.15) is 0 Å². The van der Waals surface area contributed by atoms with Crippen LogP contribution in [0.25, 0.3) is 0 Å². The monoisotopic (exact) mass is 385 g/mol. The number of nitrogens with two attached hydrogens (primary N) is 1. The summed E-state index contributed by atoms with van der Waals surface area (Å²) < 4.78 is 10.9. The molecule has 1 heterocycles. The minimum absolute atomic E-state index is 0.122. The summed E-state index contributed by atoms with van der Waals surface area (Å²) in [6.07, 6.45) is 1.64. The number of rotatable bonds is 7. The minimum Gasteiger partial charge on any atom is -0.495 e. The summed E-state index contributed by atoms with van der Waals surface area (Å²) in [5.74, 6) is 1.20. The number of hydrogen-bond acceptors (Lipinski definition) is 3. The highest BCUT2D eigenvalue weighted by Gasteiger charge is 2.27. The molecular weight excluding hydrogens is 364 g/mol. The molecule has 0 bridgehead atoms. The molecule has 0 aliphatic rings. The summed E-state index contributed by atoms with van der Waals surface area (Å²) in [5.41, 5.74) is 1.61. The number of hydrogen-bond donors (Lipinski definition) is 2. The van der Waals surface area contributed by atoms with Crippen LogP contribution in [0.15, 0.2) is 71.3 Å².